The maximum Gasteiger partial charge on any atom is 0.239 e. The SMILES string of the molecule is CCC(C)(N)C(=O)NCCCOCC(C)C. The minimum atomic E-state index is -0.751. The Hall–Kier alpha value is -0.610. The van der Waals surface area contributed by atoms with Crippen LogP contribution in [0.25, 0.3) is 0 Å². The predicted octanol–water partition coefficient (Wildman–Crippen LogP) is 1.29. The first-order chi connectivity index (χ1) is 7.40. The molecule has 0 bridgehead atoms. The third-order valence-electron chi connectivity index (χ3n) is 2.46. The fraction of sp³-hybridized carbons (Fsp3) is 0.917. The van der Waals surface area contributed by atoms with Gasteiger partial charge in [-0.25, -0.2) is 0 Å². The van der Waals surface area contributed by atoms with Gasteiger partial charge in [0.25, 0.3) is 0 Å². The van der Waals surface area contributed by atoms with Crippen LogP contribution in [0.4, 0.5) is 0 Å². The summed E-state index contributed by atoms with van der Waals surface area (Å²) in [6, 6.07) is 0. The second kappa shape index (κ2) is 7.63. The van der Waals surface area contributed by atoms with Crippen LogP contribution >= 0.6 is 0 Å². The van der Waals surface area contributed by atoms with Crippen LogP contribution in [0.5, 0.6) is 0 Å². The summed E-state index contributed by atoms with van der Waals surface area (Å²) in [5.74, 6) is 0.473. The van der Waals surface area contributed by atoms with E-state index in [4.69, 9.17) is 10.5 Å². The molecule has 0 aliphatic heterocycles. The van der Waals surface area contributed by atoms with Crippen molar-refractivity contribution >= 4 is 5.91 Å². The zero-order valence-electron chi connectivity index (χ0n) is 11.0. The molecule has 1 unspecified atom stereocenters. The van der Waals surface area contributed by atoms with Gasteiger partial charge in [-0.3, -0.25) is 4.79 Å². The van der Waals surface area contributed by atoms with Gasteiger partial charge in [-0.15, -0.1) is 0 Å². The van der Waals surface area contributed by atoms with Crippen molar-refractivity contribution in [3.8, 4) is 0 Å². The first-order valence-electron chi connectivity index (χ1n) is 6.05. The molecule has 4 nitrogen and oxygen atoms in total. The summed E-state index contributed by atoms with van der Waals surface area (Å²) in [4.78, 5) is 11.6. The van der Waals surface area contributed by atoms with Gasteiger partial charge in [-0.2, -0.15) is 0 Å². The molecule has 96 valence electrons. The van der Waals surface area contributed by atoms with Gasteiger partial charge in [-0.1, -0.05) is 20.8 Å². The van der Waals surface area contributed by atoms with E-state index in [1.807, 2.05) is 6.92 Å². The maximum atomic E-state index is 11.6. The van der Waals surface area contributed by atoms with E-state index in [1.165, 1.54) is 0 Å². The summed E-state index contributed by atoms with van der Waals surface area (Å²) >= 11 is 0. The Morgan fingerprint density at radius 3 is 2.62 bits per heavy atom. The average Bonchev–Trinajstić information content (AvgIpc) is 2.22. The lowest BCUT2D eigenvalue weighted by Crippen LogP contribution is -2.51. The quantitative estimate of drug-likeness (QED) is 0.618. The fourth-order valence-electron chi connectivity index (χ4n) is 1.06. The molecule has 4 heteroatoms. The molecule has 0 aromatic heterocycles. The Labute approximate surface area is 98.9 Å². The number of hydrogen-bond donors (Lipinski definition) is 2. The van der Waals surface area contributed by atoms with Crippen LogP contribution in [-0.2, 0) is 9.53 Å². The highest BCUT2D eigenvalue weighted by Crippen LogP contribution is 2.03. The van der Waals surface area contributed by atoms with E-state index in [2.05, 4.69) is 19.2 Å². The van der Waals surface area contributed by atoms with Gasteiger partial charge in [0.1, 0.15) is 0 Å². The summed E-state index contributed by atoms with van der Waals surface area (Å²) < 4.78 is 5.41. The van der Waals surface area contributed by atoms with Crippen LogP contribution in [0.15, 0.2) is 0 Å². The molecule has 0 radical (unpaired) electrons. The molecule has 0 aromatic rings. The number of carbonyl (C=O) groups is 1. The first kappa shape index (κ1) is 15.4. The van der Waals surface area contributed by atoms with Gasteiger partial charge in [0.05, 0.1) is 5.54 Å². The van der Waals surface area contributed by atoms with Crippen LogP contribution in [0.2, 0.25) is 0 Å². The molecule has 0 saturated carbocycles. The molecule has 0 saturated heterocycles. The number of carbonyl (C=O) groups excluding carboxylic acids is 1. The highest BCUT2D eigenvalue weighted by molar-refractivity contribution is 5.85. The van der Waals surface area contributed by atoms with E-state index < -0.39 is 5.54 Å². The van der Waals surface area contributed by atoms with Crippen molar-refractivity contribution in [2.75, 3.05) is 19.8 Å². The Morgan fingerprint density at radius 2 is 2.12 bits per heavy atom. The average molecular weight is 230 g/mol. The van der Waals surface area contributed by atoms with E-state index in [-0.39, 0.29) is 5.91 Å². The third-order valence-corrected chi connectivity index (χ3v) is 2.46. The monoisotopic (exact) mass is 230 g/mol. The molecule has 0 fully saturated rings. The van der Waals surface area contributed by atoms with E-state index in [0.717, 1.165) is 13.0 Å². The van der Waals surface area contributed by atoms with Gasteiger partial charge >= 0.3 is 0 Å². The van der Waals surface area contributed by atoms with Crippen molar-refractivity contribution in [3.63, 3.8) is 0 Å². The largest absolute Gasteiger partial charge is 0.381 e. The molecule has 0 aliphatic rings. The Bertz CT molecular complexity index is 203. The highest BCUT2D eigenvalue weighted by Gasteiger charge is 2.24. The minimum absolute atomic E-state index is 0.0844. The molecule has 1 amide bonds. The smallest absolute Gasteiger partial charge is 0.239 e. The van der Waals surface area contributed by atoms with Crippen molar-refractivity contribution < 1.29 is 9.53 Å². The Morgan fingerprint density at radius 1 is 1.50 bits per heavy atom. The maximum absolute atomic E-state index is 11.6. The second-order valence-corrected chi connectivity index (χ2v) is 4.85. The molecular formula is C12H26N2O2. The first-order valence-corrected chi connectivity index (χ1v) is 6.05. The molecule has 0 aliphatic carbocycles. The molecule has 0 rings (SSSR count). The molecule has 16 heavy (non-hydrogen) atoms. The standard InChI is InChI=1S/C12H26N2O2/c1-5-12(4,13)11(15)14-7-6-8-16-9-10(2)3/h10H,5-9,13H2,1-4H3,(H,14,15). The van der Waals surface area contributed by atoms with Gasteiger partial charge in [0.2, 0.25) is 5.91 Å². The van der Waals surface area contributed by atoms with Crippen molar-refractivity contribution in [3.05, 3.63) is 0 Å². The molecule has 3 N–H and O–H groups in total. The number of nitrogens with two attached hydrogens (primary N) is 1. The number of nitrogens with one attached hydrogen (secondary N) is 1. The molecular weight excluding hydrogens is 204 g/mol. The van der Waals surface area contributed by atoms with Gasteiger partial charge in [-0.05, 0) is 25.7 Å². The summed E-state index contributed by atoms with van der Waals surface area (Å²) in [7, 11) is 0. The van der Waals surface area contributed by atoms with Gasteiger partial charge < -0.3 is 15.8 Å². The molecule has 1 atom stereocenters. The predicted molar refractivity (Wildman–Crippen MR) is 66.2 cm³/mol. The number of amides is 1. The fourth-order valence-corrected chi connectivity index (χ4v) is 1.06. The van der Waals surface area contributed by atoms with Crippen LogP contribution < -0.4 is 11.1 Å². The lowest BCUT2D eigenvalue weighted by Gasteiger charge is -2.21. The summed E-state index contributed by atoms with van der Waals surface area (Å²) in [6.45, 7) is 9.97. The zero-order valence-corrected chi connectivity index (χ0v) is 11.0. The van der Waals surface area contributed by atoms with Gasteiger partial charge in [0, 0.05) is 19.8 Å². The minimum Gasteiger partial charge on any atom is -0.381 e. The van der Waals surface area contributed by atoms with Crippen molar-refractivity contribution in [1.29, 1.82) is 0 Å². The van der Waals surface area contributed by atoms with E-state index in [9.17, 15) is 4.79 Å². The number of ether oxygens (including phenoxy) is 1. The summed E-state index contributed by atoms with van der Waals surface area (Å²) in [6.07, 6.45) is 1.47. The highest BCUT2D eigenvalue weighted by atomic mass is 16.5. The van der Waals surface area contributed by atoms with Crippen LogP contribution in [-0.4, -0.2) is 31.2 Å². The topological polar surface area (TPSA) is 64.4 Å². The second-order valence-electron chi connectivity index (χ2n) is 4.85. The van der Waals surface area contributed by atoms with Crippen LogP contribution in [0, 0.1) is 5.92 Å². The van der Waals surface area contributed by atoms with Crippen molar-refractivity contribution in [2.24, 2.45) is 11.7 Å². The zero-order chi connectivity index (χ0) is 12.6. The Kier molecular flexibility index (Phi) is 7.34. The lowest BCUT2D eigenvalue weighted by molar-refractivity contribution is -0.125. The van der Waals surface area contributed by atoms with Crippen molar-refractivity contribution in [1.82, 2.24) is 5.32 Å². The van der Waals surface area contributed by atoms with E-state index in [0.29, 0.717) is 25.5 Å². The summed E-state index contributed by atoms with van der Waals surface area (Å²) in [5, 5.41) is 2.82. The Balaban J connectivity index is 3.49. The number of hydrogen-bond acceptors (Lipinski definition) is 3. The summed E-state index contributed by atoms with van der Waals surface area (Å²) in [5.41, 5.74) is 5.05. The van der Waals surface area contributed by atoms with Crippen LogP contribution in [0.1, 0.15) is 40.5 Å². The van der Waals surface area contributed by atoms with Crippen LogP contribution in [0.3, 0.4) is 0 Å². The normalized spacial score (nSPS) is 14.9. The van der Waals surface area contributed by atoms with E-state index >= 15 is 0 Å². The van der Waals surface area contributed by atoms with Gasteiger partial charge in [0.15, 0.2) is 0 Å². The molecule has 0 spiro atoms. The molecule has 0 heterocycles. The lowest BCUT2D eigenvalue weighted by atomic mass is 10.00. The van der Waals surface area contributed by atoms with Crippen molar-refractivity contribution in [2.45, 2.75) is 46.1 Å². The molecule has 0 aromatic carbocycles. The third kappa shape index (κ3) is 6.80. The number of rotatable bonds is 8. The van der Waals surface area contributed by atoms with E-state index in [1.54, 1.807) is 6.92 Å².